The Hall–Kier alpha value is -2.28. The molecule has 3 N–H and O–H groups in total. The molecule has 0 aliphatic rings. The molecule has 1 heterocycles. The summed E-state index contributed by atoms with van der Waals surface area (Å²) in [6.45, 7) is 8.78. The molecular weight excluding hydrogens is 336 g/mol. The van der Waals surface area contributed by atoms with Gasteiger partial charge >= 0.3 is 6.03 Å². The molecule has 0 radical (unpaired) electrons. The summed E-state index contributed by atoms with van der Waals surface area (Å²) < 4.78 is 5.26. The van der Waals surface area contributed by atoms with Crippen molar-refractivity contribution in [1.29, 1.82) is 0 Å². The molecule has 0 unspecified atom stereocenters. The molecule has 1 atom stereocenters. The van der Waals surface area contributed by atoms with Gasteiger partial charge in [-0.2, -0.15) is 0 Å². The molecule has 0 aliphatic heterocycles. The van der Waals surface area contributed by atoms with Gasteiger partial charge in [-0.15, -0.1) is 11.3 Å². The lowest BCUT2D eigenvalue weighted by molar-refractivity contribution is 0.248. The molecule has 6 nitrogen and oxygen atoms in total. The standard InChI is InChI=1S/C18H26N4O2S/c1-12-11-25-17(20-12)22-16(23)19-10-15(18(2,3)4)21-13-7-6-8-14(9-13)24-5/h6-9,11,15,21H,10H2,1-5H3,(H2,19,20,22,23)/t15-/m0/s1. The van der Waals surface area contributed by atoms with Crippen LogP contribution in [0, 0.1) is 12.3 Å². The van der Waals surface area contributed by atoms with E-state index in [0.717, 1.165) is 17.1 Å². The first-order valence-electron chi connectivity index (χ1n) is 8.15. The van der Waals surface area contributed by atoms with Crippen molar-refractivity contribution in [2.75, 3.05) is 24.3 Å². The Morgan fingerprint density at radius 2 is 2.12 bits per heavy atom. The van der Waals surface area contributed by atoms with Crippen LogP contribution >= 0.6 is 11.3 Å². The normalized spacial score (nSPS) is 12.4. The number of urea groups is 1. The number of ether oxygens (including phenoxy) is 1. The number of amides is 2. The number of hydrogen-bond acceptors (Lipinski definition) is 5. The van der Waals surface area contributed by atoms with Crippen molar-refractivity contribution < 1.29 is 9.53 Å². The van der Waals surface area contributed by atoms with E-state index < -0.39 is 0 Å². The maximum Gasteiger partial charge on any atom is 0.321 e. The topological polar surface area (TPSA) is 75.3 Å². The minimum atomic E-state index is -0.254. The molecule has 0 saturated heterocycles. The Morgan fingerprint density at radius 3 is 2.72 bits per heavy atom. The van der Waals surface area contributed by atoms with Gasteiger partial charge < -0.3 is 15.4 Å². The lowest BCUT2D eigenvalue weighted by Crippen LogP contribution is -2.45. The number of benzene rings is 1. The third-order valence-electron chi connectivity index (χ3n) is 3.76. The number of rotatable bonds is 6. The number of carbonyl (C=O) groups excluding carboxylic acids is 1. The number of thiazole rings is 1. The highest BCUT2D eigenvalue weighted by atomic mass is 32.1. The summed E-state index contributed by atoms with van der Waals surface area (Å²) in [6.07, 6.45) is 0. The number of nitrogens with zero attached hydrogens (tertiary/aromatic N) is 1. The van der Waals surface area contributed by atoms with Crippen LogP contribution in [0.2, 0.25) is 0 Å². The molecular formula is C18H26N4O2S. The SMILES string of the molecule is COc1cccc(N[C@@H](CNC(=O)Nc2nc(C)cs2)C(C)(C)C)c1. The van der Waals surface area contributed by atoms with Crippen LogP contribution in [0.3, 0.4) is 0 Å². The van der Waals surface area contributed by atoms with Gasteiger partial charge in [0.05, 0.1) is 12.8 Å². The van der Waals surface area contributed by atoms with E-state index in [9.17, 15) is 4.79 Å². The molecule has 0 aliphatic carbocycles. The number of aromatic nitrogens is 1. The van der Waals surface area contributed by atoms with Crippen molar-refractivity contribution in [2.45, 2.75) is 33.7 Å². The molecule has 7 heteroatoms. The van der Waals surface area contributed by atoms with Gasteiger partial charge in [-0.25, -0.2) is 9.78 Å². The van der Waals surface area contributed by atoms with Crippen LogP contribution < -0.4 is 20.7 Å². The van der Waals surface area contributed by atoms with E-state index in [1.165, 1.54) is 11.3 Å². The molecule has 136 valence electrons. The Bertz CT molecular complexity index is 709. The number of nitrogens with one attached hydrogen (secondary N) is 3. The van der Waals surface area contributed by atoms with E-state index in [2.05, 4.69) is 41.7 Å². The fourth-order valence-electron chi connectivity index (χ4n) is 2.24. The minimum absolute atomic E-state index is 0.0448. The molecule has 25 heavy (non-hydrogen) atoms. The van der Waals surface area contributed by atoms with Gasteiger partial charge in [-0.3, -0.25) is 5.32 Å². The first-order valence-corrected chi connectivity index (χ1v) is 9.03. The minimum Gasteiger partial charge on any atom is -0.497 e. The van der Waals surface area contributed by atoms with Crippen molar-refractivity contribution in [3.8, 4) is 5.75 Å². The zero-order valence-electron chi connectivity index (χ0n) is 15.3. The van der Waals surface area contributed by atoms with Gasteiger partial charge in [0.2, 0.25) is 0 Å². The van der Waals surface area contributed by atoms with Crippen LogP contribution in [0.25, 0.3) is 0 Å². The highest BCUT2D eigenvalue weighted by Gasteiger charge is 2.25. The molecule has 2 rings (SSSR count). The number of methoxy groups -OCH3 is 1. The second-order valence-corrected chi connectivity index (χ2v) is 7.78. The number of hydrogen-bond donors (Lipinski definition) is 3. The maximum absolute atomic E-state index is 12.1. The van der Waals surface area contributed by atoms with Crippen LogP contribution in [0.4, 0.5) is 15.6 Å². The second kappa shape index (κ2) is 8.20. The summed E-state index contributed by atoms with van der Waals surface area (Å²) >= 11 is 1.41. The second-order valence-electron chi connectivity index (χ2n) is 6.92. The fourth-order valence-corrected chi connectivity index (χ4v) is 2.92. The lowest BCUT2D eigenvalue weighted by atomic mass is 9.86. The molecule has 0 fully saturated rings. The van der Waals surface area contributed by atoms with E-state index in [0.29, 0.717) is 11.7 Å². The summed E-state index contributed by atoms with van der Waals surface area (Å²) in [6, 6.07) is 7.56. The molecule has 1 aromatic carbocycles. The summed E-state index contributed by atoms with van der Waals surface area (Å²) in [4.78, 5) is 16.3. The van der Waals surface area contributed by atoms with Crippen LogP contribution in [0.5, 0.6) is 5.75 Å². The van der Waals surface area contributed by atoms with Gasteiger partial charge in [0.25, 0.3) is 0 Å². The summed E-state index contributed by atoms with van der Waals surface area (Å²) in [5, 5.41) is 11.7. The third-order valence-corrected chi connectivity index (χ3v) is 4.64. The Labute approximate surface area is 153 Å². The number of aryl methyl sites for hydroxylation is 1. The first kappa shape index (κ1) is 19.1. The smallest absolute Gasteiger partial charge is 0.321 e. The predicted octanol–water partition coefficient (Wildman–Crippen LogP) is 4.11. The van der Waals surface area contributed by atoms with E-state index in [4.69, 9.17) is 4.74 Å². The zero-order valence-corrected chi connectivity index (χ0v) is 16.2. The molecule has 2 aromatic rings. The number of anilines is 2. The molecule has 0 spiro atoms. The van der Waals surface area contributed by atoms with Gasteiger partial charge in [0.1, 0.15) is 5.75 Å². The van der Waals surface area contributed by atoms with Crippen LogP contribution in [-0.2, 0) is 0 Å². The Balaban J connectivity index is 1.96. The predicted molar refractivity (Wildman–Crippen MR) is 104 cm³/mol. The largest absolute Gasteiger partial charge is 0.497 e. The molecule has 0 bridgehead atoms. The highest BCUT2D eigenvalue weighted by molar-refractivity contribution is 7.13. The summed E-state index contributed by atoms with van der Waals surface area (Å²) in [5.74, 6) is 0.794. The monoisotopic (exact) mass is 362 g/mol. The lowest BCUT2D eigenvalue weighted by Gasteiger charge is -2.32. The average Bonchev–Trinajstić information content (AvgIpc) is 2.95. The van der Waals surface area contributed by atoms with Gasteiger partial charge in [0.15, 0.2) is 5.13 Å². The van der Waals surface area contributed by atoms with Crippen molar-refractivity contribution in [3.05, 3.63) is 35.3 Å². The van der Waals surface area contributed by atoms with Gasteiger partial charge in [-0.05, 0) is 24.5 Å². The van der Waals surface area contributed by atoms with Crippen molar-refractivity contribution >= 4 is 28.2 Å². The van der Waals surface area contributed by atoms with Crippen LogP contribution in [-0.4, -0.2) is 30.7 Å². The Morgan fingerprint density at radius 1 is 1.36 bits per heavy atom. The summed E-state index contributed by atoms with van der Waals surface area (Å²) in [5.41, 5.74) is 1.80. The molecule has 0 saturated carbocycles. The van der Waals surface area contributed by atoms with Gasteiger partial charge in [0, 0.05) is 29.7 Å². The van der Waals surface area contributed by atoms with Crippen LogP contribution in [0.1, 0.15) is 26.5 Å². The highest BCUT2D eigenvalue weighted by Crippen LogP contribution is 2.25. The van der Waals surface area contributed by atoms with Gasteiger partial charge in [-0.1, -0.05) is 26.8 Å². The van der Waals surface area contributed by atoms with Crippen molar-refractivity contribution in [2.24, 2.45) is 5.41 Å². The van der Waals surface area contributed by atoms with E-state index in [1.807, 2.05) is 36.6 Å². The average molecular weight is 362 g/mol. The van der Waals surface area contributed by atoms with Crippen molar-refractivity contribution in [3.63, 3.8) is 0 Å². The number of carbonyl (C=O) groups is 1. The summed E-state index contributed by atoms with van der Waals surface area (Å²) in [7, 11) is 1.65. The maximum atomic E-state index is 12.1. The first-order chi connectivity index (χ1) is 11.8. The zero-order chi connectivity index (χ0) is 18.4. The fraction of sp³-hybridized carbons (Fsp3) is 0.444. The Kier molecular flexibility index (Phi) is 6.25. The van der Waals surface area contributed by atoms with E-state index in [-0.39, 0.29) is 17.5 Å². The quantitative estimate of drug-likeness (QED) is 0.723. The van der Waals surface area contributed by atoms with E-state index >= 15 is 0 Å². The third kappa shape index (κ3) is 5.94. The molecule has 1 aromatic heterocycles. The van der Waals surface area contributed by atoms with E-state index in [1.54, 1.807) is 7.11 Å². The molecule has 2 amide bonds. The van der Waals surface area contributed by atoms with Crippen LogP contribution in [0.15, 0.2) is 29.6 Å². The van der Waals surface area contributed by atoms with Crippen molar-refractivity contribution in [1.82, 2.24) is 10.3 Å².